The van der Waals surface area contributed by atoms with E-state index >= 15 is 0 Å². The topological polar surface area (TPSA) is 38.3 Å². The number of benzene rings is 1. The number of aryl methyl sites for hydroxylation is 1. The highest BCUT2D eigenvalue weighted by atomic mass is 16.5. The maximum absolute atomic E-state index is 12.2. The lowest BCUT2D eigenvalue weighted by molar-refractivity contribution is -0.146. The van der Waals surface area contributed by atoms with Crippen molar-refractivity contribution in [2.24, 2.45) is 0 Å². The number of hydrogen-bond acceptors (Lipinski definition) is 3. The van der Waals surface area contributed by atoms with Gasteiger partial charge in [-0.2, -0.15) is 0 Å². The first-order chi connectivity index (χ1) is 10.3. The summed E-state index contributed by atoms with van der Waals surface area (Å²) in [5.41, 5.74) is 1.28. The Morgan fingerprint density at radius 1 is 1.24 bits per heavy atom. The third kappa shape index (κ3) is 5.50. The molecule has 0 bridgehead atoms. The fourth-order valence-electron chi connectivity index (χ4n) is 3.02. The van der Waals surface area contributed by atoms with E-state index in [0.717, 1.165) is 12.8 Å². The van der Waals surface area contributed by atoms with Crippen LogP contribution in [0.1, 0.15) is 51.0 Å². The van der Waals surface area contributed by atoms with Gasteiger partial charge in [0.1, 0.15) is 6.04 Å². The Balaban J connectivity index is 1.89. The molecule has 0 amide bonds. The summed E-state index contributed by atoms with van der Waals surface area (Å²) < 4.78 is 5.23. The van der Waals surface area contributed by atoms with Gasteiger partial charge in [0, 0.05) is 6.04 Å². The number of rotatable bonds is 7. The van der Waals surface area contributed by atoms with E-state index in [-0.39, 0.29) is 12.0 Å². The summed E-state index contributed by atoms with van der Waals surface area (Å²) in [4.78, 5) is 12.2. The van der Waals surface area contributed by atoms with Crippen molar-refractivity contribution in [1.82, 2.24) is 5.32 Å². The Bertz CT molecular complexity index is 412. The fourth-order valence-corrected chi connectivity index (χ4v) is 3.02. The first-order valence-corrected chi connectivity index (χ1v) is 8.26. The van der Waals surface area contributed by atoms with Crippen molar-refractivity contribution in [2.45, 2.75) is 64.0 Å². The molecule has 0 radical (unpaired) electrons. The van der Waals surface area contributed by atoms with E-state index < -0.39 is 0 Å². The summed E-state index contributed by atoms with van der Waals surface area (Å²) >= 11 is 0. The molecule has 1 aliphatic rings. The van der Waals surface area contributed by atoms with E-state index in [2.05, 4.69) is 17.4 Å². The third-order valence-electron chi connectivity index (χ3n) is 4.18. The molecule has 2 rings (SSSR count). The maximum Gasteiger partial charge on any atom is 0.323 e. The van der Waals surface area contributed by atoms with Gasteiger partial charge in [0.05, 0.1) is 6.61 Å². The second-order valence-electron chi connectivity index (χ2n) is 5.83. The van der Waals surface area contributed by atoms with Crippen LogP contribution in [0.2, 0.25) is 0 Å². The van der Waals surface area contributed by atoms with Gasteiger partial charge in [-0.3, -0.25) is 4.79 Å². The molecule has 1 fully saturated rings. The number of carbonyl (C=O) groups is 1. The average Bonchev–Trinajstić information content (AvgIpc) is 2.53. The zero-order valence-electron chi connectivity index (χ0n) is 13.0. The first kappa shape index (κ1) is 16.0. The molecule has 116 valence electrons. The van der Waals surface area contributed by atoms with Gasteiger partial charge in [-0.05, 0) is 38.2 Å². The summed E-state index contributed by atoms with van der Waals surface area (Å²) in [7, 11) is 0. The van der Waals surface area contributed by atoms with Crippen molar-refractivity contribution in [3.63, 3.8) is 0 Å². The Morgan fingerprint density at radius 3 is 2.62 bits per heavy atom. The Labute approximate surface area is 128 Å². The van der Waals surface area contributed by atoms with Crippen molar-refractivity contribution in [3.05, 3.63) is 35.9 Å². The standard InChI is InChI=1S/C18H27NO2/c1-2-21-18(20)17(19-16-11-7-4-8-12-16)14-13-15-9-5-3-6-10-15/h3,5-6,9-10,16-17,19H,2,4,7-8,11-14H2,1H3. The minimum Gasteiger partial charge on any atom is -0.465 e. The van der Waals surface area contributed by atoms with Gasteiger partial charge >= 0.3 is 5.97 Å². The van der Waals surface area contributed by atoms with Gasteiger partial charge in [0.2, 0.25) is 0 Å². The van der Waals surface area contributed by atoms with E-state index in [1.165, 1.54) is 37.7 Å². The van der Waals surface area contributed by atoms with Gasteiger partial charge in [-0.25, -0.2) is 0 Å². The van der Waals surface area contributed by atoms with E-state index in [1.54, 1.807) is 0 Å². The predicted octanol–water partition coefficient (Wildman–Crippen LogP) is 3.47. The molecular weight excluding hydrogens is 262 g/mol. The van der Waals surface area contributed by atoms with Gasteiger partial charge in [-0.1, -0.05) is 49.6 Å². The van der Waals surface area contributed by atoms with Gasteiger partial charge in [0.25, 0.3) is 0 Å². The molecule has 1 N–H and O–H groups in total. The lowest BCUT2D eigenvalue weighted by atomic mass is 9.94. The zero-order valence-corrected chi connectivity index (χ0v) is 13.0. The van der Waals surface area contributed by atoms with Gasteiger partial charge in [0.15, 0.2) is 0 Å². The highest BCUT2D eigenvalue weighted by molar-refractivity contribution is 5.75. The van der Waals surface area contributed by atoms with Crippen molar-refractivity contribution in [1.29, 1.82) is 0 Å². The molecular formula is C18H27NO2. The highest BCUT2D eigenvalue weighted by Gasteiger charge is 2.24. The molecule has 1 aliphatic carbocycles. The number of ether oxygens (including phenoxy) is 1. The van der Waals surface area contributed by atoms with Crippen molar-refractivity contribution in [3.8, 4) is 0 Å². The molecule has 1 aromatic carbocycles. The molecule has 0 spiro atoms. The van der Waals surface area contributed by atoms with Crippen LogP contribution in [0.5, 0.6) is 0 Å². The molecule has 3 nitrogen and oxygen atoms in total. The lowest BCUT2D eigenvalue weighted by Crippen LogP contribution is -2.45. The normalized spacial score (nSPS) is 17.4. The second kappa shape index (κ2) is 8.83. The maximum atomic E-state index is 12.2. The smallest absolute Gasteiger partial charge is 0.323 e. The van der Waals surface area contributed by atoms with Crippen LogP contribution < -0.4 is 5.32 Å². The SMILES string of the molecule is CCOC(=O)C(CCc1ccccc1)NC1CCCCC1. The number of carbonyl (C=O) groups excluding carboxylic acids is 1. The number of hydrogen-bond donors (Lipinski definition) is 1. The number of esters is 1. The summed E-state index contributed by atoms with van der Waals surface area (Å²) in [6.45, 7) is 2.32. The summed E-state index contributed by atoms with van der Waals surface area (Å²) in [6, 6.07) is 10.6. The quantitative estimate of drug-likeness (QED) is 0.781. The minimum atomic E-state index is -0.173. The van der Waals surface area contributed by atoms with Crippen LogP contribution in [0, 0.1) is 0 Å². The van der Waals surface area contributed by atoms with E-state index in [9.17, 15) is 4.79 Å². The minimum absolute atomic E-state index is 0.0981. The summed E-state index contributed by atoms with van der Waals surface area (Å²) in [5, 5.41) is 3.54. The molecule has 0 heterocycles. The van der Waals surface area contributed by atoms with Crippen LogP contribution >= 0.6 is 0 Å². The lowest BCUT2D eigenvalue weighted by Gasteiger charge is -2.27. The monoisotopic (exact) mass is 289 g/mol. The first-order valence-electron chi connectivity index (χ1n) is 8.26. The van der Waals surface area contributed by atoms with Crippen molar-refractivity contribution < 1.29 is 9.53 Å². The van der Waals surface area contributed by atoms with Crippen LogP contribution in [0.4, 0.5) is 0 Å². The molecule has 1 aromatic rings. The Hall–Kier alpha value is -1.35. The zero-order chi connectivity index (χ0) is 14.9. The highest BCUT2D eigenvalue weighted by Crippen LogP contribution is 2.19. The van der Waals surface area contributed by atoms with Crippen LogP contribution in [0.25, 0.3) is 0 Å². The number of nitrogens with one attached hydrogen (secondary N) is 1. The Kier molecular flexibility index (Phi) is 6.74. The van der Waals surface area contributed by atoms with E-state index in [1.807, 2.05) is 25.1 Å². The molecule has 0 aromatic heterocycles. The predicted molar refractivity (Wildman–Crippen MR) is 85.2 cm³/mol. The van der Waals surface area contributed by atoms with E-state index in [0.29, 0.717) is 12.6 Å². The molecule has 1 unspecified atom stereocenters. The summed E-state index contributed by atoms with van der Waals surface area (Å²) in [5.74, 6) is -0.0981. The fraction of sp³-hybridized carbons (Fsp3) is 0.611. The van der Waals surface area contributed by atoms with Gasteiger partial charge < -0.3 is 10.1 Å². The Morgan fingerprint density at radius 2 is 1.95 bits per heavy atom. The molecule has 0 saturated heterocycles. The van der Waals surface area contributed by atoms with Crippen LogP contribution in [-0.2, 0) is 16.0 Å². The van der Waals surface area contributed by atoms with Crippen molar-refractivity contribution in [2.75, 3.05) is 6.61 Å². The molecule has 0 aliphatic heterocycles. The third-order valence-corrected chi connectivity index (χ3v) is 4.18. The second-order valence-corrected chi connectivity index (χ2v) is 5.83. The largest absolute Gasteiger partial charge is 0.465 e. The van der Waals surface area contributed by atoms with E-state index in [4.69, 9.17) is 4.74 Å². The van der Waals surface area contributed by atoms with Crippen LogP contribution in [-0.4, -0.2) is 24.7 Å². The molecule has 1 saturated carbocycles. The molecule has 1 atom stereocenters. The summed E-state index contributed by atoms with van der Waals surface area (Å²) in [6.07, 6.45) is 7.94. The van der Waals surface area contributed by atoms with Crippen LogP contribution in [0.3, 0.4) is 0 Å². The van der Waals surface area contributed by atoms with Gasteiger partial charge in [-0.15, -0.1) is 0 Å². The van der Waals surface area contributed by atoms with Crippen LogP contribution in [0.15, 0.2) is 30.3 Å². The molecule has 3 heteroatoms. The van der Waals surface area contributed by atoms with Crippen molar-refractivity contribution >= 4 is 5.97 Å². The molecule has 21 heavy (non-hydrogen) atoms. The average molecular weight is 289 g/mol.